The molecule has 1 heterocycles. The van der Waals surface area contributed by atoms with Gasteiger partial charge >= 0.3 is 0 Å². The largest absolute Gasteiger partial charge is 0.243 e. The molecule has 23 heavy (non-hydrogen) atoms. The second-order valence-electron chi connectivity index (χ2n) is 5.74. The minimum atomic E-state index is -3.57. The summed E-state index contributed by atoms with van der Waals surface area (Å²) < 4.78 is 52.5. The van der Waals surface area contributed by atoms with Gasteiger partial charge in [-0.3, -0.25) is 0 Å². The van der Waals surface area contributed by atoms with Crippen molar-refractivity contribution in [3.63, 3.8) is 0 Å². The van der Waals surface area contributed by atoms with Crippen LogP contribution in [0.25, 0.3) is 0 Å². The summed E-state index contributed by atoms with van der Waals surface area (Å²) in [5, 5.41) is 0. The minimum absolute atomic E-state index is 0.133. The zero-order valence-electron chi connectivity index (χ0n) is 13.6. The van der Waals surface area contributed by atoms with Gasteiger partial charge in [-0.1, -0.05) is 31.5 Å². The first-order valence-electron chi connectivity index (χ1n) is 7.82. The highest BCUT2D eigenvalue weighted by Gasteiger charge is 2.33. The molecule has 1 aliphatic heterocycles. The maximum Gasteiger partial charge on any atom is 0.243 e. The van der Waals surface area contributed by atoms with Gasteiger partial charge in [0.05, 0.1) is 10.6 Å². The van der Waals surface area contributed by atoms with E-state index in [0.29, 0.717) is 16.9 Å². The van der Waals surface area contributed by atoms with Gasteiger partial charge in [0.25, 0.3) is 0 Å². The van der Waals surface area contributed by atoms with E-state index in [1.807, 2.05) is 6.92 Å². The lowest BCUT2D eigenvalue weighted by Gasteiger charge is -2.33. The van der Waals surface area contributed by atoms with Crippen LogP contribution in [0.4, 0.5) is 0 Å². The van der Waals surface area contributed by atoms with E-state index in [1.165, 1.54) is 8.61 Å². The average molecular weight is 361 g/mol. The molecule has 0 radical (unpaired) electrons. The van der Waals surface area contributed by atoms with Gasteiger partial charge in [-0.2, -0.15) is 8.61 Å². The second-order valence-corrected chi connectivity index (χ2v) is 9.73. The molecule has 6 nitrogen and oxygen atoms in total. The third-order valence-corrected chi connectivity index (χ3v) is 8.07. The molecule has 0 aromatic heterocycles. The molecule has 1 saturated heterocycles. The zero-order valence-corrected chi connectivity index (χ0v) is 15.2. The summed E-state index contributed by atoms with van der Waals surface area (Å²) in [4.78, 5) is 0.294. The molecule has 0 bridgehead atoms. The number of sulfonamides is 2. The fourth-order valence-corrected chi connectivity index (χ4v) is 5.91. The van der Waals surface area contributed by atoms with Gasteiger partial charge in [0.2, 0.25) is 20.0 Å². The standard InChI is InChI=1S/C15H24N2O4S2/c1-3-4-13-22(18,19)16-9-11-17(12-10-16)23(20,21)15-8-6-5-7-14(15)2/h5-8H,3-4,9-13H2,1-2H3. The Bertz CT molecular complexity index is 736. The van der Waals surface area contributed by atoms with Gasteiger partial charge in [0, 0.05) is 26.2 Å². The van der Waals surface area contributed by atoms with Gasteiger partial charge in [-0.05, 0) is 25.0 Å². The fourth-order valence-electron chi connectivity index (χ4n) is 2.63. The lowest BCUT2D eigenvalue weighted by Crippen LogP contribution is -2.51. The van der Waals surface area contributed by atoms with Gasteiger partial charge in [0.15, 0.2) is 0 Å². The maximum absolute atomic E-state index is 12.7. The van der Waals surface area contributed by atoms with Crippen molar-refractivity contribution >= 4 is 20.0 Å². The number of hydrogen-bond donors (Lipinski definition) is 0. The Labute approximate surface area is 139 Å². The molecule has 130 valence electrons. The van der Waals surface area contributed by atoms with Crippen LogP contribution in [0.5, 0.6) is 0 Å². The lowest BCUT2D eigenvalue weighted by molar-refractivity contribution is 0.272. The Morgan fingerprint density at radius 2 is 1.52 bits per heavy atom. The molecule has 1 aromatic carbocycles. The summed E-state index contributed by atoms with van der Waals surface area (Å²) in [5.41, 5.74) is 0.700. The Balaban J connectivity index is 2.09. The molecule has 1 aliphatic rings. The minimum Gasteiger partial charge on any atom is -0.212 e. The van der Waals surface area contributed by atoms with Crippen LogP contribution in [-0.4, -0.2) is 57.4 Å². The SMILES string of the molecule is CCCCS(=O)(=O)N1CCN(S(=O)(=O)c2ccccc2C)CC1. The Morgan fingerprint density at radius 3 is 2.09 bits per heavy atom. The molecule has 2 rings (SSSR count). The molecule has 1 fully saturated rings. The molecule has 0 unspecified atom stereocenters. The van der Waals surface area contributed by atoms with E-state index >= 15 is 0 Å². The maximum atomic E-state index is 12.7. The number of rotatable bonds is 6. The number of unbranched alkanes of at least 4 members (excludes halogenated alkanes) is 1. The first-order chi connectivity index (χ1) is 10.8. The summed E-state index contributed by atoms with van der Waals surface area (Å²) in [6.45, 7) is 4.54. The van der Waals surface area contributed by atoms with Crippen molar-refractivity contribution in [3.05, 3.63) is 29.8 Å². The molecular weight excluding hydrogens is 336 g/mol. The van der Waals surface area contributed by atoms with E-state index in [-0.39, 0.29) is 31.9 Å². The monoisotopic (exact) mass is 360 g/mol. The highest BCUT2D eigenvalue weighted by Crippen LogP contribution is 2.21. The van der Waals surface area contributed by atoms with E-state index < -0.39 is 20.0 Å². The van der Waals surface area contributed by atoms with Crippen molar-refractivity contribution in [1.29, 1.82) is 0 Å². The fraction of sp³-hybridized carbons (Fsp3) is 0.600. The number of hydrogen-bond acceptors (Lipinski definition) is 4. The van der Waals surface area contributed by atoms with Crippen LogP contribution in [0.1, 0.15) is 25.3 Å². The highest BCUT2D eigenvalue weighted by molar-refractivity contribution is 7.89. The quantitative estimate of drug-likeness (QED) is 0.769. The van der Waals surface area contributed by atoms with Gasteiger partial charge in [0.1, 0.15) is 0 Å². The van der Waals surface area contributed by atoms with Crippen LogP contribution in [0.3, 0.4) is 0 Å². The van der Waals surface area contributed by atoms with Gasteiger partial charge < -0.3 is 0 Å². The van der Waals surface area contributed by atoms with Gasteiger partial charge in [-0.15, -0.1) is 0 Å². The van der Waals surface area contributed by atoms with Crippen LogP contribution in [0.15, 0.2) is 29.2 Å². The predicted octanol–water partition coefficient (Wildman–Crippen LogP) is 1.43. The first kappa shape index (κ1) is 18.4. The van der Waals surface area contributed by atoms with Crippen molar-refractivity contribution in [2.75, 3.05) is 31.9 Å². The van der Waals surface area contributed by atoms with Crippen molar-refractivity contribution < 1.29 is 16.8 Å². The molecule has 0 N–H and O–H groups in total. The van der Waals surface area contributed by atoms with Crippen LogP contribution in [-0.2, 0) is 20.0 Å². The first-order valence-corrected chi connectivity index (χ1v) is 10.9. The van der Waals surface area contributed by atoms with Crippen molar-refractivity contribution in [3.8, 4) is 0 Å². The smallest absolute Gasteiger partial charge is 0.212 e. The van der Waals surface area contributed by atoms with E-state index in [9.17, 15) is 16.8 Å². The lowest BCUT2D eigenvalue weighted by atomic mass is 10.2. The summed E-state index contributed by atoms with van der Waals surface area (Å²) in [7, 11) is -6.84. The molecule has 0 aliphatic carbocycles. The van der Waals surface area contributed by atoms with Crippen molar-refractivity contribution in [2.45, 2.75) is 31.6 Å². The third-order valence-electron chi connectivity index (χ3n) is 4.06. The number of benzene rings is 1. The zero-order chi connectivity index (χ0) is 17.1. The molecule has 0 saturated carbocycles. The van der Waals surface area contributed by atoms with E-state index in [1.54, 1.807) is 31.2 Å². The van der Waals surface area contributed by atoms with Gasteiger partial charge in [-0.25, -0.2) is 16.8 Å². The predicted molar refractivity (Wildman–Crippen MR) is 90.2 cm³/mol. The van der Waals surface area contributed by atoms with Crippen LogP contribution in [0, 0.1) is 6.92 Å². The summed E-state index contributed by atoms with van der Waals surface area (Å²) in [5.74, 6) is 0.133. The molecule has 8 heteroatoms. The summed E-state index contributed by atoms with van der Waals surface area (Å²) >= 11 is 0. The van der Waals surface area contributed by atoms with E-state index in [2.05, 4.69) is 0 Å². The summed E-state index contributed by atoms with van der Waals surface area (Å²) in [6.07, 6.45) is 1.45. The molecule has 0 amide bonds. The van der Waals surface area contributed by atoms with E-state index in [0.717, 1.165) is 6.42 Å². The Kier molecular flexibility index (Phi) is 5.83. The van der Waals surface area contributed by atoms with E-state index in [4.69, 9.17) is 0 Å². The van der Waals surface area contributed by atoms with Crippen LogP contribution >= 0.6 is 0 Å². The van der Waals surface area contributed by atoms with Crippen LogP contribution < -0.4 is 0 Å². The number of nitrogens with zero attached hydrogens (tertiary/aromatic N) is 2. The number of piperazine rings is 1. The third kappa shape index (κ3) is 4.12. The van der Waals surface area contributed by atoms with Crippen LogP contribution in [0.2, 0.25) is 0 Å². The number of aryl methyl sites for hydroxylation is 1. The summed E-state index contributed by atoms with van der Waals surface area (Å²) in [6, 6.07) is 6.85. The molecule has 1 aromatic rings. The normalized spacial score (nSPS) is 18.2. The average Bonchev–Trinajstić information content (AvgIpc) is 2.53. The van der Waals surface area contributed by atoms with Crippen molar-refractivity contribution in [2.24, 2.45) is 0 Å². The molecule has 0 atom stereocenters. The Morgan fingerprint density at radius 1 is 0.957 bits per heavy atom. The Hall–Kier alpha value is -0.960. The van der Waals surface area contributed by atoms with Crippen molar-refractivity contribution in [1.82, 2.24) is 8.61 Å². The molecular formula is C15H24N2O4S2. The molecule has 0 spiro atoms. The topological polar surface area (TPSA) is 74.8 Å². The highest BCUT2D eigenvalue weighted by atomic mass is 32.2. The second kappa shape index (κ2) is 7.29.